The monoisotopic (exact) mass is 239 g/mol. The van der Waals surface area contributed by atoms with Gasteiger partial charge >= 0.3 is 0 Å². The predicted octanol–water partition coefficient (Wildman–Crippen LogP) is 1.56. The molecule has 0 saturated carbocycles. The molecule has 2 unspecified atom stereocenters. The summed E-state index contributed by atoms with van der Waals surface area (Å²) < 4.78 is 10.6. The van der Waals surface area contributed by atoms with Gasteiger partial charge in [-0.25, -0.2) is 4.98 Å². The van der Waals surface area contributed by atoms with E-state index in [9.17, 15) is 0 Å². The number of hydrogen-bond acceptors (Lipinski definition) is 5. The molecule has 0 spiro atoms. The van der Waals surface area contributed by atoms with Crippen LogP contribution in [0.15, 0.2) is 12.4 Å². The molecule has 0 aliphatic carbocycles. The van der Waals surface area contributed by atoms with Crippen LogP contribution in [0.25, 0.3) is 0 Å². The summed E-state index contributed by atoms with van der Waals surface area (Å²) in [5.74, 6) is 0.546. The summed E-state index contributed by atoms with van der Waals surface area (Å²) in [4.78, 5) is 8.50. The average molecular weight is 239 g/mol. The number of rotatable bonds is 7. The van der Waals surface area contributed by atoms with Gasteiger partial charge in [-0.3, -0.25) is 4.98 Å². The fourth-order valence-electron chi connectivity index (χ4n) is 1.63. The van der Waals surface area contributed by atoms with Crippen molar-refractivity contribution in [2.24, 2.45) is 0 Å². The van der Waals surface area contributed by atoms with Crippen molar-refractivity contribution in [2.45, 2.75) is 32.4 Å². The van der Waals surface area contributed by atoms with E-state index in [4.69, 9.17) is 9.47 Å². The quantitative estimate of drug-likeness (QED) is 0.782. The minimum Gasteiger partial charge on any atom is -0.480 e. The molecule has 5 heteroatoms. The van der Waals surface area contributed by atoms with Gasteiger partial charge in [0.25, 0.3) is 0 Å². The van der Waals surface area contributed by atoms with E-state index in [1.165, 1.54) is 0 Å². The molecule has 0 aliphatic rings. The van der Waals surface area contributed by atoms with E-state index in [-0.39, 0.29) is 12.1 Å². The number of nitrogens with one attached hydrogen (secondary N) is 1. The van der Waals surface area contributed by atoms with Gasteiger partial charge in [0.15, 0.2) is 0 Å². The van der Waals surface area contributed by atoms with Crippen molar-refractivity contribution in [3.8, 4) is 5.88 Å². The van der Waals surface area contributed by atoms with Crippen molar-refractivity contribution in [3.05, 3.63) is 18.1 Å². The Morgan fingerprint density at radius 2 is 2.00 bits per heavy atom. The van der Waals surface area contributed by atoms with Gasteiger partial charge in [-0.2, -0.15) is 0 Å². The fourth-order valence-corrected chi connectivity index (χ4v) is 1.63. The lowest BCUT2D eigenvalue weighted by Crippen LogP contribution is -2.33. The summed E-state index contributed by atoms with van der Waals surface area (Å²) in [6, 6.07) is -0.0106. The molecule has 1 heterocycles. The van der Waals surface area contributed by atoms with E-state index in [1.54, 1.807) is 26.6 Å². The van der Waals surface area contributed by atoms with Crippen LogP contribution < -0.4 is 10.1 Å². The van der Waals surface area contributed by atoms with E-state index in [0.29, 0.717) is 5.88 Å². The van der Waals surface area contributed by atoms with Crippen molar-refractivity contribution in [1.82, 2.24) is 15.3 Å². The summed E-state index contributed by atoms with van der Waals surface area (Å²) in [5, 5.41) is 3.40. The fraction of sp³-hybridized carbons (Fsp3) is 0.667. The maximum absolute atomic E-state index is 5.38. The second-order valence-electron chi connectivity index (χ2n) is 3.82. The lowest BCUT2D eigenvalue weighted by Gasteiger charge is -2.24. The first kappa shape index (κ1) is 13.9. The zero-order valence-electron chi connectivity index (χ0n) is 10.9. The second kappa shape index (κ2) is 7.19. The molecule has 2 atom stereocenters. The molecule has 5 nitrogen and oxygen atoms in total. The SMILES string of the molecule is CCCNC(c1nccnc1OC)C(C)OC. The minimum absolute atomic E-state index is 0.00662. The number of methoxy groups -OCH3 is 2. The smallest absolute Gasteiger partial charge is 0.237 e. The Hall–Kier alpha value is -1.20. The van der Waals surface area contributed by atoms with E-state index in [1.807, 2.05) is 6.92 Å². The van der Waals surface area contributed by atoms with Gasteiger partial charge in [0.1, 0.15) is 5.69 Å². The molecule has 0 fully saturated rings. The van der Waals surface area contributed by atoms with Gasteiger partial charge in [0, 0.05) is 19.5 Å². The maximum atomic E-state index is 5.38. The molecule has 0 radical (unpaired) electrons. The predicted molar refractivity (Wildman–Crippen MR) is 66.1 cm³/mol. The Kier molecular flexibility index (Phi) is 5.86. The standard InChI is InChI=1S/C12H21N3O2/c1-5-6-13-10(9(2)16-3)11-12(17-4)15-8-7-14-11/h7-10,13H,5-6H2,1-4H3. The van der Waals surface area contributed by atoms with Crippen molar-refractivity contribution in [1.29, 1.82) is 0 Å². The van der Waals surface area contributed by atoms with E-state index in [2.05, 4.69) is 22.2 Å². The zero-order chi connectivity index (χ0) is 12.7. The molecular weight excluding hydrogens is 218 g/mol. The largest absolute Gasteiger partial charge is 0.480 e. The summed E-state index contributed by atoms with van der Waals surface area (Å²) in [6.07, 6.45) is 4.35. The Morgan fingerprint density at radius 3 is 2.59 bits per heavy atom. The van der Waals surface area contributed by atoms with Crippen LogP contribution in [-0.2, 0) is 4.74 Å². The summed E-state index contributed by atoms with van der Waals surface area (Å²) in [5.41, 5.74) is 0.790. The second-order valence-corrected chi connectivity index (χ2v) is 3.82. The highest BCUT2D eigenvalue weighted by Crippen LogP contribution is 2.23. The highest BCUT2D eigenvalue weighted by Gasteiger charge is 2.23. The third-order valence-corrected chi connectivity index (χ3v) is 2.63. The molecule has 0 aromatic carbocycles. The molecule has 96 valence electrons. The number of aromatic nitrogens is 2. The maximum Gasteiger partial charge on any atom is 0.237 e. The van der Waals surface area contributed by atoms with Crippen LogP contribution in [0.4, 0.5) is 0 Å². The Bertz CT molecular complexity index is 333. The van der Waals surface area contributed by atoms with Crippen molar-refractivity contribution in [2.75, 3.05) is 20.8 Å². The first-order valence-electron chi connectivity index (χ1n) is 5.85. The summed E-state index contributed by atoms with van der Waals surface area (Å²) in [7, 11) is 3.29. The van der Waals surface area contributed by atoms with Gasteiger partial charge < -0.3 is 14.8 Å². The molecule has 1 N–H and O–H groups in total. The van der Waals surface area contributed by atoms with Crippen molar-refractivity contribution < 1.29 is 9.47 Å². The molecule has 1 aromatic rings. The van der Waals surface area contributed by atoms with Crippen LogP contribution in [-0.4, -0.2) is 36.8 Å². The normalized spacial score (nSPS) is 14.4. The van der Waals surface area contributed by atoms with Crippen LogP contribution in [0.1, 0.15) is 32.0 Å². The minimum atomic E-state index is -0.0106. The summed E-state index contributed by atoms with van der Waals surface area (Å²) in [6.45, 7) is 5.02. The average Bonchev–Trinajstić information content (AvgIpc) is 2.39. The Labute approximate surface area is 103 Å². The van der Waals surface area contributed by atoms with Crippen LogP contribution >= 0.6 is 0 Å². The van der Waals surface area contributed by atoms with Crippen molar-refractivity contribution in [3.63, 3.8) is 0 Å². The van der Waals surface area contributed by atoms with Gasteiger partial charge in [0.05, 0.1) is 19.3 Å². The van der Waals surface area contributed by atoms with Gasteiger partial charge in [-0.05, 0) is 19.9 Å². The third-order valence-electron chi connectivity index (χ3n) is 2.63. The lowest BCUT2D eigenvalue weighted by atomic mass is 10.1. The van der Waals surface area contributed by atoms with Crippen LogP contribution in [0.5, 0.6) is 5.88 Å². The first-order valence-corrected chi connectivity index (χ1v) is 5.85. The van der Waals surface area contributed by atoms with Gasteiger partial charge in [0.2, 0.25) is 5.88 Å². The third kappa shape index (κ3) is 3.64. The number of nitrogens with zero attached hydrogens (tertiary/aromatic N) is 2. The van der Waals surface area contributed by atoms with Crippen LogP contribution in [0.3, 0.4) is 0 Å². The molecule has 17 heavy (non-hydrogen) atoms. The lowest BCUT2D eigenvalue weighted by molar-refractivity contribution is 0.0803. The molecule has 1 aromatic heterocycles. The highest BCUT2D eigenvalue weighted by atomic mass is 16.5. The summed E-state index contributed by atoms with van der Waals surface area (Å²) >= 11 is 0. The van der Waals surface area contributed by atoms with Crippen LogP contribution in [0, 0.1) is 0 Å². The molecule has 0 aliphatic heterocycles. The van der Waals surface area contributed by atoms with Crippen molar-refractivity contribution >= 4 is 0 Å². The van der Waals surface area contributed by atoms with Gasteiger partial charge in [-0.1, -0.05) is 6.92 Å². The molecule has 0 bridgehead atoms. The number of ether oxygens (including phenoxy) is 2. The molecule has 0 amide bonds. The Balaban J connectivity index is 2.94. The van der Waals surface area contributed by atoms with E-state index in [0.717, 1.165) is 18.7 Å². The first-order chi connectivity index (χ1) is 8.24. The molecule has 1 rings (SSSR count). The van der Waals surface area contributed by atoms with Gasteiger partial charge in [-0.15, -0.1) is 0 Å². The Morgan fingerprint density at radius 1 is 1.29 bits per heavy atom. The molecular formula is C12H21N3O2. The van der Waals surface area contributed by atoms with Crippen LogP contribution in [0.2, 0.25) is 0 Å². The number of hydrogen-bond donors (Lipinski definition) is 1. The topological polar surface area (TPSA) is 56.3 Å². The van der Waals surface area contributed by atoms with E-state index < -0.39 is 0 Å². The highest BCUT2D eigenvalue weighted by molar-refractivity contribution is 5.22. The van der Waals surface area contributed by atoms with E-state index >= 15 is 0 Å². The zero-order valence-corrected chi connectivity index (χ0v) is 10.9. The molecule has 0 saturated heterocycles.